The Morgan fingerprint density at radius 1 is 1.11 bits per heavy atom. The molecule has 2 rings (SSSR count). The number of nitrogens with one attached hydrogen (secondary N) is 1. The van der Waals surface area contributed by atoms with Gasteiger partial charge in [-0.2, -0.15) is 0 Å². The van der Waals surface area contributed by atoms with Crippen LogP contribution < -0.4 is 5.32 Å². The smallest absolute Gasteiger partial charge is 0.108 e. The lowest BCUT2D eigenvalue weighted by molar-refractivity contribution is 0.288. The molecule has 0 atom stereocenters. The van der Waals surface area contributed by atoms with Crippen molar-refractivity contribution in [3.63, 3.8) is 0 Å². The van der Waals surface area contributed by atoms with Gasteiger partial charge in [-0.25, -0.2) is 4.98 Å². The van der Waals surface area contributed by atoms with Gasteiger partial charge in [-0.1, -0.05) is 32.9 Å². The van der Waals surface area contributed by atoms with Gasteiger partial charge in [0.2, 0.25) is 0 Å². The first kappa shape index (κ1) is 13.5. The number of fused-ring (bicyclic) bond motifs is 1. The number of nitrogens with zero attached hydrogens (tertiary/aromatic N) is 1. The largest absolute Gasteiger partial charge is 0.305 e. The lowest BCUT2D eigenvalue weighted by Gasteiger charge is -2.31. The van der Waals surface area contributed by atoms with E-state index in [0.29, 0.717) is 0 Å². The number of aromatic nitrogens is 1. The molecule has 18 heavy (non-hydrogen) atoms. The zero-order valence-corrected chi connectivity index (χ0v) is 12.3. The molecule has 1 aromatic carbocycles. The summed E-state index contributed by atoms with van der Waals surface area (Å²) >= 11 is 1.80. The monoisotopic (exact) mass is 262 g/mol. The average Bonchev–Trinajstić information content (AvgIpc) is 2.84. The zero-order valence-electron chi connectivity index (χ0n) is 11.5. The molecule has 0 saturated carbocycles. The Hall–Kier alpha value is -0.930. The molecule has 1 aromatic heterocycles. The van der Waals surface area contributed by atoms with Gasteiger partial charge < -0.3 is 5.32 Å². The second-order valence-electron chi connectivity index (χ2n) is 4.77. The predicted molar refractivity (Wildman–Crippen MR) is 80.1 cm³/mol. The molecule has 0 radical (unpaired) electrons. The highest BCUT2D eigenvalue weighted by molar-refractivity contribution is 7.18. The molecule has 0 spiro atoms. The van der Waals surface area contributed by atoms with Crippen molar-refractivity contribution >= 4 is 21.6 Å². The van der Waals surface area contributed by atoms with Crippen molar-refractivity contribution < 1.29 is 0 Å². The molecule has 0 aliphatic rings. The first-order valence-electron chi connectivity index (χ1n) is 6.82. The van der Waals surface area contributed by atoms with Crippen LogP contribution in [0.3, 0.4) is 0 Å². The standard InChI is InChI=1S/C15H22N2S/c1-4-15(5-2,6-3)16-11-14-17-12-9-7-8-10-13(12)18-14/h7-10,16H,4-6,11H2,1-3H3. The van der Waals surface area contributed by atoms with Gasteiger partial charge >= 0.3 is 0 Å². The van der Waals surface area contributed by atoms with Crippen LogP contribution in [-0.4, -0.2) is 10.5 Å². The topological polar surface area (TPSA) is 24.9 Å². The van der Waals surface area contributed by atoms with Gasteiger partial charge in [0.05, 0.1) is 10.2 Å². The molecule has 3 heteroatoms. The Kier molecular flexibility index (Phi) is 4.36. The van der Waals surface area contributed by atoms with Gasteiger partial charge in [0.15, 0.2) is 0 Å². The van der Waals surface area contributed by atoms with Crippen LogP contribution in [0.5, 0.6) is 0 Å². The molecule has 1 N–H and O–H groups in total. The molecular formula is C15H22N2S. The van der Waals surface area contributed by atoms with Crippen molar-refractivity contribution in [1.29, 1.82) is 0 Å². The molecule has 0 amide bonds. The summed E-state index contributed by atoms with van der Waals surface area (Å²) in [7, 11) is 0. The van der Waals surface area contributed by atoms with Gasteiger partial charge in [-0.05, 0) is 31.4 Å². The Balaban J connectivity index is 2.09. The van der Waals surface area contributed by atoms with E-state index in [2.05, 4.69) is 49.3 Å². The number of benzene rings is 1. The minimum Gasteiger partial charge on any atom is -0.305 e. The van der Waals surface area contributed by atoms with Crippen LogP contribution >= 0.6 is 11.3 Å². The minimum absolute atomic E-state index is 0.276. The van der Waals surface area contributed by atoms with E-state index >= 15 is 0 Å². The molecule has 2 nitrogen and oxygen atoms in total. The van der Waals surface area contributed by atoms with Crippen LogP contribution in [0.15, 0.2) is 24.3 Å². The van der Waals surface area contributed by atoms with Crippen molar-refractivity contribution in [1.82, 2.24) is 10.3 Å². The van der Waals surface area contributed by atoms with E-state index in [1.54, 1.807) is 11.3 Å². The number of para-hydroxylation sites is 1. The van der Waals surface area contributed by atoms with Gasteiger partial charge in [0.25, 0.3) is 0 Å². The summed E-state index contributed by atoms with van der Waals surface area (Å²) in [5.41, 5.74) is 1.40. The molecule has 2 aromatic rings. The van der Waals surface area contributed by atoms with E-state index in [1.807, 2.05) is 6.07 Å². The molecule has 0 fully saturated rings. The first-order chi connectivity index (χ1) is 8.73. The van der Waals surface area contributed by atoms with Gasteiger partial charge in [-0.3, -0.25) is 0 Å². The highest BCUT2D eigenvalue weighted by Crippen LogP contribution is 2.24. The van der Waals surface area contributed by atoms with Crippen LogP contribution in [0.25, 0.3) is 10.2 Å². The normalized spacial score (nSPS) is 12.2. The molecular weight excluding hydrogens is 240 g/mol. The van der Waals surface area contributed by atoms with Crippen molar-refractivity contribution in [2.45, 2.75) is 52.1 Å². The highest BCUT2D eigenvalue weighted by Gasteiger charge is 2.23. The fourth-order valence-corrected chi connectivity index (χ4v) is 3.29. The number of thiazole rings is 1. The zero-order chi connectivity index (χ0) is 13.0. The summed E-state index contributed by atoms with van der Waals surface area (Å²) in [6, 6.07) is 8.35. The van der Waals surface area contributed by atoms with Gasteiger partial charge in [-0.15, -0.1) is 11.3 Å². The predicted octanol–water partition coefficient (Wildman–Crippen LogP) is 4.35. The fourth-order valence-electron chi connectivity index (χ4n) is 2.38. The molecule has 0 aliphatic carbocycles. The third-order valence-electron chi connectivity index (χ3n) is 3.98. The summed E-state index contributed by atoms with van der Waals surface area (Å²) in [6.45, 7) is 7.67. The highest BCUT2D eigenvalue weighted by atomic mass is 32.1. The van der Waals surface area contributed by atoms with Crippen molar-refractivity contribution in [2.75, 3.05) is 0 Å². The van der Waals surface area contributed by atoms with E-state index in [0.717, 1.165) is 12.1 Å². The van der Waals surface area contributed by atoms with Crippen LogP contribution in [-0.2, 0) is 6.54 Å². The maximum Gasteiger partial charge on any atom is 0.108 e. The second kappa shape index (κ2) is 5.81. The molecule has 0 aliphatic heterocycles. The quantitative estimate of drug-likeness (QED) is 0.837. The molecule has 1 heterocycles. The molecule has 0 bridgehead atoms. The number of hydrogen-bond donors (Lipinski definition) is 1. The Morgan fingerprint density at radius 3 is 2.39 bits per heavy atom. The SMILES string of the molecule is CCC(CC)(CC)NCc1nc2ccccc2s1. The number of hydrogen-bond acceptors (Lipinski definition) is 3. The second-order valence-corrected chi connectivity index (χ2v) is 5.89. The van der Waals surface area contributed by atoms with E-state index < -0.39 is 0 Å². The minimum atomic E-state index is 0.276. The maximum atomic E-state index is 4.67. The number of rotatable bonds is 6. The summed E-state index contributed by atoms with van der Waals surface area (Å²) in [4.78, 5) is 4.67. The van der Waals surface area contributed by atoms with Gasteiger partial charge in [0.1, 0.15) is 5.01 Å². The summed E-state index contributed by atoms with van der Waals surface area (Å²) in [6.07, 6.45) is 3.51. The first-order valence-corrected chi connectivity index (χ1v) is 7.64. The van der Waals surface area contributed by atoms with Crippen molar-refractivity contribution in [3.05, 3.63) is 29.3 Å². The van der Waals surface area contributed by atoms with Crippen molar-refractivity contribution in [3.8, 4) is 0 Å². The molecule has 0 saturated heterocycles. The molecule has 0 unspecified atom stereocenters. The fraction of sp³-hybridized carbons (Fsp3) is 0.533. The third-order valence-corrected chi connectivity index (χ3v) is 5.02. The lowest BCUT2D eigenvalue weighted by Crippen LogP contribution is -2.43. The summed E-state index contributed by atoms with van der Waals surface area (Å²) in [5.74, 6) is 0. The van der Waals surface area contributed by atoms with Crippen LogP contribution in [0, 0.1) is 0 Å². The molecule has 98 valence electrons. The van der Waals surface area contributed by atoms with E-state index in [-0.39, 0.29) is 5.54 Å². The van der Waals surface area contributed by atoms with E-state index in [9.17, 15) is 0 Å². The Morgan fingerprint density at radius 2 is 1.78 bits per heavy atom. The van der Waals surface area contributed by atoms with Crippen LogP contribution in [0.1, 0.15) is 45.0 Å². The summed E-state index contributed by atoms with van der Waals surface area (Å²) in [5, 5.41) is 4.90. The average molecular weight is 262 g/mol. The summed E-state index contributed by atoms with van der Waals surface area (Å²) < 4.78 is 1.28. The van der Waals surface area contributed by atoms with Crippen LogP contribution in [0.4, 0.5) is 0 Å². The Labute approximate surface area is 113 Å². The van der Waals surface area contributed by atoms with E-state index in [1.165, 1.54) is 29.0 Å². The maximum absolute atomic E-state index is 4.67. The Bertz CT molecular complexity index is 459. The van der Waals surface area contributed by atoms with Crippen LogP contribution in [0.2, 0.25) is 0 Å². The van der Waals surface area contributed by atoms with Gasteiger partial charge in [0, 0.05) is 12.1 Å². The van der Waals surface area contributed by atoms with Crippen molar-refractivity contribution in [2.24, 2.45) is 0 Å². The van der Waals surface area contributed by atoms with E-state index in [4.69, 9.17) is 0 Å². The third kappa shape index (κ3) is 2.73. The lowest BCUT2D eigenvalue weighted by atomic mass is 9.90.